The van der Waals surface area contributed by atoms with Gasteiger partial charge in [0.15, 0.2) is 5.13 Å². The molecule has 1 aromatic heterocycles. The SMILES string of the molecule is CN(c1cccc(Cl)c1)S(=O)(=O)c1cccc(C(=O)Nc2ncc(C(N)=O)s2)c1. The first-order chi connectivity index (χ1) is 13.7. The Labute approximate surface area is 176 Å². The zero-order valence-corrected chi connectivity index (χ0v) is 17.4. The number of thiazole rings is 1. The van der Waals surface area contributed by atoms with Crippen molar-refractivity contribution in [3.63, 3.8) is 0 Å². The predicted molar refractivity (Wildman–Crippen MR) is 112 cm³/mol. The van der Waals surface area contributed by atoms with E-state index in [4.69, 9.17) is 17.3 Å². The second kappa shape index (κ2) is 8.19. The van der Waals surface area contributed by atoms with Crippen molar-refractivity contribution >= 4 is 55.6 Å². The largest absolute Gasteiger partial charge is 0.365 e. The Morgan fingerprint density at radius 1 is 1.17 bits per heavy atom. The minimum absolute atomic E-state index is 0.0652. The lowest BCUT2D eigenvalue weighted by Crippen LogP contribution is -2.26. The number of carbonyl (C=O) groups is 2. The van der Waals surface area contributed by atoms with Gasteiger partial charge in [0, 0.05) is 17.6 Å². The van der Waals surface area contributed by atoms with E-state index in [-0.39, 0.29) is 20.5 Å². The van der Waals surface area contributed by atoms with E-state index in [0.717, 1.165) is 15.6 Å². The molecule has 2 aromatic carbocycles. The Balaban J connectivity index is 1.85. The van der Waals surface area contributed by atoms with Crippen LogP contribution in [-0.2, 0) is 10.0 Å². The highest BCUT2D eigenvalue weighted by atomic mass is 35.5. The number of nitrogens with zero attached hydrogens (tertiary/aromatic N) is 2. The first kappa shape index (κ1) is 20.8. The summed E-state index contributed by atoms with van der Waals surface area (Å²) in [5.41, 5.74) is 5.66. The van der Waals surface area contributed by atoms with Crippen LogP contribution in [0.15, 0.2) is 59.6 Å². The normalized spacial score (nSPS) is 11.1. The van der Waals surface area contributed by atoms with Gasteiger partial charge in [-0.2, -0.15) is 0 Å². The molecule has 0 aliphatic rings. The quantitative estimate of drug-likeness (QED) is 0.597. The average molecular weight is 451 g/mol. The van der Waals surface area contributed by atoms with E-state index < -0.39 is 21.8 Å². The lowest BCUT2D eigenvalue weighted by molar-refractivity contribution is 0.100. The molecule has 29 heavy (non-hydrogen) atoms. The van der Waals surface area contributed by atoms with Gasteiger partial charge in [0.1, 0.15) is 4.88 Å². The third kappa shape index (κ3) is 4.56. The van der Waals surface area contributed by atoms with E-state index in [9.17, 15) is 18.0 Å². The smallest absolute Gasteiger partial charge is 0.264 e. The third-order valence-electron chi connectivity index (χ3n) is 3.90. The van der Waals surface area contributed by atoms with Crippen molar-refractivity contribution in [3.8, 4) is 0 Å². The summed E-state index contributed by atoms with van der Waals surface area (Å²) in [6, 6.07) is 12.0. The van der Waals surface area contributed by atoms with Crippen LogP contribution in [0.4, 0.5) is 10.8 Å². The molecule has 0 aliphatic heterocycles. The molecule has 3 aromatic rings. The Morgan fingerprint density at radius 2 is 1.90 bits per heavy atom. The van der Waals surface area contributed by atoms with Gasteiger partial charge in [0.25, 0.3) is 21.8 Å². The van der Waals surface area contributed by atoms with E-state index in [1.807, 2.05) is 0 Å². The van der Waals surface area contributed by atoms with Crippen molar-refractivity contribution in [2.45, 2.75) is 4.90 Å². The summed E-state index contributed by atoms with van der Waals surface area (Å²) in [6.07, 6.45) is 1.25. The fourth-order valence-electron chi connectivity index (χ4n) is 2.38. The van der Waals surface area contributed by atoms with Crippen LogP contribution in [0.25, 0.3) is 0 Å². The number of anilines is 2. The van der Waals surface area contributed by atoms with E-state index >= 15 is 0 Å². The predicted octanol–water partition coefficient (Wildman–Crippen LogP) is 2.97. The van der Waals surface area contributed by atoms with Crippen LogP contribution in [0.1, 0.15) is 20.0 Å². The van der Waals surface area contributed by atoms with E-state index in [2.05, 4.69) is 10.3 Å². The van der Waals surface area contributed by atoms with Crippen LogP contribution in [0.5, 0.6) is 0 Å². The highest BCUT2D eigenvalue weighted by molar-refractivity contribution is 7.92. The molecule has 150 valence electrons. The lowest BCUT2D eigenvalue weighted by atomic mass is 10.2. The van der Waals surface area contributed by atoms with Crippen molar-refractivity contribution in [2.75, 3.05) is 16.7 Å². The molecule has 0 radical (unpaired) electrons. The summed E-state index contributed by atoms with van der Waals surface area (Å²) >= 11 is 6.86. The van der Waals surface area contributed by atoms with Crippen molar-refractivity contribution in [2.24, 2.45) is 5.73 Å². The van der Waals surface area contributed by atoms with Crippen LogP contribution in [0.3, 0.4) is 0 Å². The molecule has 11 heteroatoms. The van der Waals surface area contributed by atoms with E-state index in [1.54, 1.807) is 18.2 Å². The second-order valence-electron chi connectivity index (χ2n) is 5.83. The number of amides is 2. The molecular weight excluding hydrogens is 436 g/mol. The average Bonchev–Trinajstić information content (AvgIpc) is 3.16. The number of nitrogens with two attached hydrogens (primary N) is 1. The summed E-state index contributed by atoms with van der Waals surface area (Å²) in [5, 5.41) is 3.09. The maximum atomic E-state index is 12.9. The first-order valence-corrected chi connectivity index (χ1v) is 10.7. The Kier molecular flexibility index (Phi) is 5.87. The van der Waals surface area contributed by atoms with Crippen molar-refractivity contribution < 1.29 is 18.0 Å². The van der Waals surface area contributed by atoms with E-state index in [1.165, 1.54) is 43.6 Å². The minimum atomic E-state index is -3.92. The van der Waals surface area contributed by atoms with Gasteiger partial charge in [-0.05, 0) is 36.4 Å². The molecule has 0 aliphatic carbocycles. The minimum Gasteiger partial charge on any atom is -0.365 e. The number of carbonyl (C=O) groups excluding carboxylic acids is 2. The van der Waals surface area contributed by atoms with Crippen LogP contribution in [0, 0.1) is 0 Å². The summed E-state index contributed by atoms with van der Waals surface area (Å²) < 4.78 is 27.0. The highest BCUT2D eigenvalue weighted by Gasteiger charge is 2.23. The molecular formula is C18H15ClN4O4S2. The summed E-state index contributed by atoms with van der Waals surface area (Å²) in [7, 11) is -2.53. The molecule has 0 fully saturated rings. The number of halogens is 1. The number of primary amides is 1. The maximum Gasteiger partial charge on any atom is 0.264 e. The number of rotatable bonds is 6. The summed E-state index contributed by atoms with van der Waals surface area (Å²) in [5.74, 6) is -1.22. The van der Waals surface area contributed by atoms with Gasteiger partial charge in [0.2, 0.25) is 0 Å². The molecule has 0 saturated heterocycles. The fourth-order valence-corrected chi connectivity index (χ4v) is 4.46. The molecule has 2 amide bonds. The van der Waals surface area contributed by atoms with Crippen LogP contribution < -0.4 is 15.4 Å². The summed E-state index contributed by atoms with van der Waals surface area (Å²) in [6.45, 7) is 0. The topological polar surface area (TPSA) is 122 Å². The van der Waals surface area contributed by atoms with Gasteiger partial charge in [0.05, 0.1) is 16.8 Å². The third-order valence-corrected chi connectivity index (χ3v) is 6.84. The number of hydrogen-bond acceptors (Lipinski definition) is 6. The van der Waals surface area contributed by atoms with Crippen molar-refractivity contribution in [3.05, 3.63) is 70.2 Å². The molecule has 0 spiro atoms. The molecule has 1 heterocycles. The van der Waals surface area contributed by atoms with Crippen molar-refractivity contribution in [1.82, 2.24) is 4.98 Å². The van der Waals surface area contributed by atoms with Gasteiger partial charge in [-0.3, -0.25) is 19.2 Å². The molecule has 3 N–H and O–H groups in total. The standard InChI is InChI=1S/C18H15ClN4O4S2/c1-23(13-6-3-5-12(19)9-13)29(26,27)14-7-2-4-11(8-14)17(25)22-18-21-10-15(28-18)16(20)24/h2-10H,1H3,(H2,20,24)(H,21,22,25). The first-order valence-electron chi connectivity index (χ1n) is 8.10. The van der Waals surface area contributed by atoms with E-state index in [0.29, 0.717) is 10.7 Å². The molecule has 0 bridgehead atoms. The molecule has 0 unspecified atom stereocenters. The molecule has 3 rings (SSSR count). The molecule has 8 nitrogen and oxygen atoms in total. The highest BCUT2D eigenvalue weighted by Crippen LogP contribution is 2.25. The maximum absolute atomic E-state index is 12.9. The monoisotopic (exact) mass is 450 g/mol. The van der Waals surface area contributed by atoms with Crippen molar-refractivity contribution in [1.29, 1.82) is 0 Å². The summed E-state index contributed by atoms with van der Waals surface area (Å²) in [4.78, 5) is 27.6. The zero-order valence-electron chi connectivity index (χ0n) is 15.0. The Bertz CT molecular complexity index is 1190. The van der Waals surface area contributed by atoms with Gasteiger partial charge in [-0.25, -0.2) is 13.4 Å². The fraction of sp³-hybridized carbons (Fsp3) is 0.0556. The van der Waals surface area contributed by atoms with Crippen LogP contribution in [0.2, 0.25) is 5.02 Å². The van der Waals surface area contributed by atoms with Gasteiger partial charge in [-0.15, -0.1) is 0 Å². The number of sulfonamides is 1. The van der Waals surface area contributed by atoms with Crippen LogP contribution >= 0.6 is 22.9 Å². The van der Waals surface area contributed by atoms with Gasteiger partial charge in [-0.1, -0.05) is 35.1 Å². The number of nitrogens with one attached hydrogen (secondary N) is 1. The number of benzene rings is 2. The van der Waals surface area contributed by atoms with Crippen LogP contribution in [-0.4, -0.2) is 32.3 Å². The Morgan fingerprint density at radius 3 is 2.55 bits per heavy atom. The number of hydrogen-bond donors (Lipinski definition) is 2. The number of aromatic nitrogens is 1. The Hall–Kier alpha value is -2.95. The molecule has 0 atom stereocenters. The van der Waals surface area contributed by atoms with Gasteiger partial charge < -0.3 is 5.73 Å². The lowest BCUT2D eigenvalue weighted by Gasteiger charge is -2.20. The zero-order chi connectivity index (χ0) is 21.2. The van der Waals surface area contributed by atoms with Gasteiger partial charge >= 0.3 is 0 Å². The second-order valence-corrected chi connectivity index (χ2v) is 9.26. The molecule has 0 saturated carbocycles.